The summed E-state index contributed by atoms with van der Waals surface area (Å²) in [5, 5.41) is 8.04. The largest absolute Gasteiger partial charge is 0.573 e. The Labute approximate surface area is 86.0 Å². The van der Waals surface area contributed by atoms with E-state index < -0.39 is 28.0 Å². The summed E-state index contributed by atoms with van der Waals surface area (Å²) in [5.74, 6) is -1.91. The summed E-state index contributed by atoms with van der Waals surface area (Å²) in [6.45, 7) is 0. The third-order valence-corrected chi connectivity index (χ3v) is 1.68. The van der Waals surface area contributed by atoms with Crippen molar-refractivity contribution in [3.8, 4) is 11.5 Å². The molecule has 0 fully saturated rings. The molecule has 14 heavy (non-hydrogen) atoms. The van der Waals surface area contributed by atoms with Gasteiger partial charge >= 0.3 is 6.36 Å². The summed E-state index contributed by atoms with van der Waals surface area (Å²) in [7, 11) is 0. The molecule has 0 aliphatic carbocycles. The van der Waals surface area contributed by atoms with Crippen LogP contribution in [0.4, 0.5) is 13.2 Å². The van der Waals surface area contributed by atoms with Gasteiger partial charge in [-0.15, -0.1) is 13.2 Å². The number of pyridine rings is 1. The number of aromatic hydroxyl groups is 1. The summed E-state index contributed by atoms with van der Waals surface area (Å²) in [6, 6.07) is 0. The Balaban J connectivity index is 3.13. The SMILES string of the molecule is Oc1c(Cl)ncc(Cl)c1OC(F)(F)F. The van der Waals surface area contributed by atoms with Gasteiger partial charge in [0, 0.05) is 0 Å². The van der Waals surface area contributed by atoms with Gasteiger partial charge in [0.15, 0.2) is 16.7 Å². The summed E-state index contributed by atoms with van der Waals surface area (Å²) in [6.07, 6.45) is -4.11. The Bertz CT molecular complexity index is 356. The number of nitrogens with zero attached hydrogens (tertiary/aromatic N) is 1. The molecule has 3 nitrogen and oxygen atoms in total. The highest BCUT2D eigenvalue weighted by atomic mass is 35.5. The van der Waals surface area contributed by atoms with Crippen LogP contribution in [0.1, 0.15) is 0 Å². The number of rotatable bonds is 1. The van der Waals surface area contributed by atoms with Gasteiger partial charge in [-0.25, -0.2) is 4.98 Å². The Kier molecular flexibility index (Phi) is 2.96. The van der Waals surface area contributed by atoms with E-state index in [9.17, 15) is 13.2 Å². The zero-order valence-corrected chi connectivity index (χ0v) is 7.78. The molecule has 0 saturated carbocycles. The van der Waals surface area contributed by atoms with Crippen molar-refractivity contribution in [2.75, 3.05) is 0 Å². The van der Waals surface area contributed by atoms with E-state index in [2.05, 4.69) is 9.72 Å². The molecule has 1 rings (SSSR count). The van der Waals surface area contributed by atoms with E-state index in [-0.39, 0.29) is 0 Å². The van der Waals surface area contributed by atoms with E-state index in [1.807, 2.05) is 0 Å². The fraction of sp³-hybridized carbons (Fsp3) is 0.167. The standard InChI is InChI=1S/C6H2Cl2F3NO2/c7-2-1-12-5(8)3(13)4(2)14-6(9,10)11/h1,13H. The van der Waals surface area contributed by atoms with Crippen molar-refractivity contribution < 1.29 is 23.0 Å². The number of halogens is 5. The molecule has 1 aromatic heterocycles. The molecule has 0 radical (unpaired) electrons. The molecule has 0 unspecified atom stereocenters. The lowest BCUT2D eigenvalue weighted by atomic mass is 10.4. The van der Waals surface area contributed by atoms with Crippen LogP contribution in [0.3, 0.4) is 0 Å². The highest BCUT2D eigenvalue weighted by molar-refractivity contribution is 6.34. The minimum atomic E-state index is -4.95. The zero-order chi connectivity index (χ0) is 10.9. The second-order valence-corrected chi connectivity index (χ2v) is 2.89. The smallest absolute Gasteiger partial charge is 0.502 e. The quantitative estimate of drug-likeness (QED) is 0.776. The predicted octanol–water partition coefficient (Wildman–Crippen LogP) is 2.99. The maximum Gasteiger partial charge on any atom is 0.573 e. The van der Waals surface area contributed by atoms with Crippen molar-refractivity contribution in [1.29, 1.82) is 0 Å². The van der Waals surface area contributed by atoms with Crippen LogP contribution < -0.4 is 4.74 Å². The van der Waals surface area contributed by atoms with Crippen LogP contribution in [-0.2, 0) is 0 Å². The van der Waals surface area contributed by atoms with Gasteiger partial charge in [-0.05, 0) is 0 Å². The van der Waals surface area contributed by atoms with Crippen LogP contribution >= 0.6 is 23.2 Å². The lowest BCUT2D eigenvalue weighted by Gasteiger charge is -2.11. The first-order valence-corrected chi connectivity index (χ1v) is 3.85. The van der Waals surface area contributed by atoms with Crippen molar-refractivity contribution in [3.05, 3.63) is 16.4 Å². The number of hydrogen-bond acceptors (Lipinski definition) is 3. The Morgan fingerprint density at radius 3 is 2.43 bits per heavy atom. The van der Waals surface area contributed by atoms with E-state index >= 15 is 0 Å². The molecule has 78 valence electrons. The number of hydrogen-bond donors (Lipinski definition) is 1. The predicted molar refractivity (Wildman–Crippen MR) is 42.6 cm³/mol. The van der Waals surface area contributed by atoms with Crippen LogP contribution in [0.25, 0.3) is 0 Å². The topological polar surface area (TPSA) is 42.4 Å². The third kappa shape index (κ3) is 2.55. The second-order valence-electron chi connectivity index (χ2n) is 2.12. The van der Waals surface area contributed by atoms with Gasteiger partial charge in [-0.3, -0.25) is 0 Å². The summed E-state index contributed by atoms with van der Waals surface area (Å²) >= 11 is 10.5. The van der Waals surface area contributed by atoms with Crippen LogP contribution in [0.15, 0.2) is 6.20 Å². The molecule has 0 amide bonds. The van der Waals surface area contributed by atoms with Gasteiger partial charge in [0.2, 0.25) is 0 Å². The molecule has 0 aliphatic rings. The first-order chi connectivity index (χ1) is 6.31. The molecule has 0 atom stereocenters. The molecule has 1 aromatic rings. The Morgan fingerprint density at radius 2 is 1.93 bits per heavy atom. The number of ether oxygens (including phenoxy) is 1. The summed E-state index contributed by atoms with van der Waals surface area (Å²) < 4.78 is 38.8. The Hall–Kier alpha value is -0.880. The van der Waals surface area contributed by atoms with Gasteiger partial charge in [0.25, 0.3) is 0 Å². The molecular formula is C6H2Cl2F3NO2. The van der Waals surface area contributed by atoms with Crippen molar-refractivity contribution >= 4 is 23.2 Å². The van der Waals surface area contributed by atoms with E-state index in [1.165, 1.54) is 0 Å². The van der Waals surface area contributed by atoms with Crippen LogP contribution in [0, 0.1) is 0 Å². The van der Waals surface area contributed by atoms with Gasteiger partial charge in [0.1, 0.15) is 5.02 Å². The maximum absolute atomic E-state index is 11.8. The molecule has 1 N–H and O–H groups in total. The molecule has 8 heteroatoms. The molecule has 0 bridgehead atoms. The lowest BCUT2D eigenvalue weighted by molar-refractivity contribution is -0.275. The second kappa shape index (κ2) is 3.70. The first-order valence-electron chi connectivity index (χ1n) is 3.10. The maximum atomic E-state index is 11.8. The van der Waals surface area contributed by atoms with Crippen molar-refractivity contribution in [2.24, 2.45) is 0 Å². The third-order valence-electron chi connectivity index (χ3n) is 1.14. The van der Waals surface area contributed by atoms with E-state index in [0.29, 0.717) is 0 Å². The fourth-order valence-corrected chi connectivity index (χ4v) is 0.964. The number of alkyl halides is 3. The lowest BCUT2D eigenvalue weighted by Crippen LogP contribution is -2.17. The molecule has 0 spiro atoms. The first kappa shape index (κ1) is 11.2. The van der Waals surface area contributed by atoms with Crippen LogP contribution in [0.2, 0.25) is 10.2 Å². The fourth-order valence-electron chi connectivity index (χ4n) is 0.653. The zero-order valence-electron chi connectivity index (χ0n) is 6.27. The molecule has 0 aliphatic heterocycles. The highest BCUT2D eigenvalue weighted by Crippen LogP contribution is 2.40. The van der Waals surface area contributed by atoms with E-state index in [0.717, 1.165) is 6.20 Å². The molecule has 0 aromatic carbocycles. The normalized spacial score (nSPS) is 11.5. The molecule has 0 saturated heterocycles. The minimum Gasteiger partial charge on any atom is -0.502 e. The Morgan fingerprint density at radius 1 is 1.36 bits per heavy atom. The van der Waals surface area contributed by atoms with Gasteiger partial charge in [-0.2, -0.15) is 0 Å². The summed E-state index contributed by atoms with van der Waals surface area (Å²) in [5.41, 5.74) is 0. The minimum absolute atomic E-state index is 0.482. The number of aromatic nitrogens is 1. The summed E-state index contributed by atoms with van der Waals surface area (Å²) in [4.78, 5) is 3.31. The van der Waals surface area contributed by atoms with Crippen molar-refractivity contribution in [3.63, 3.8) is 0 Å². The average Bonchev–Trinajstić information content (AvgIpc) is 2.04. The van der Waals surface area contributed by atoms with Gasteiger partial charge < -0.3 is 9.84 Å². The monoisotopic (exact) mass is 247 g/mol. The van der Waals surface area contributed by atoms with E-state index in [1.54, 1.807) is 0 Å². The van der Waals surface area contributed by atoms with E-state index in [4.69, 9.17) is 28.3 Å². The highest BCUT2D eigenvalue weighted by Gasteiger charge is 2.34. The molecular weight excluding hydrogens is 246 g/mol. The average molecular weight is 248 g/mol. The van der Waals surface area contributed by atoms with Gasteiger partial charge in [-0.1, -0.05) is 23.2 Å². The van der Waals surface area contributed by atoms with Crippen molar-refractivity contribution in [1.82, 2.24) is 4.98 Å². The van der Waals surface area contributed by atoms with Crippen LogP contribution in [-0.4, -0.2) is 16.5 Å². The van der Waals surface area contributed by atoms with Crippen LogP contribution in [0.5, 0.6) is 11.5 Å². The van der Waals surface area contributed by atoms with Crippen molar-refractivity contribution in [2.45, 2.75) is 6.36 Å². The van der Waals surface area contributed by atoms with Gasteiger partial charge in [0.05, 0.1) is 6.20 Å². The molecule has 1 heterocycles.